The van der Waals surface area contributed by atoms with Gasteiger partial charge in [-0.2, -0.15) is 0 Å². The van der Waals surface area contributed by atoms with Crippen LogP contribution in [0.5, 0.6) is 0 Å². The molecule has 0 radical (unpaired) electrons. The molecule has 1 aromatic heterocycles. The van der Waals surface area contributed by atoms with Gasteiger partial charge in [0.05, 0.1) is 11.3 Å². The molecule has 18 heavy (non-hydrogen) atoms. The fourth-order valence-electron chi connectivity index (χ4n) is 1.54. The number of nitrogens with zero attached hydrogens (tertiary/aromatic N) is 1. The fourth-order valence-corrected chi connectivity index (χ4v) is 2.75. The van der Waals surface area contributed by atoms with Crippen molar-refractivity contribution in [3.63, 3.8) is 0 Å². The maximum Gasteiger partial charge on any atom is 0.373 e. The van der Waals surface area contributed by atoms with Crippen LogP contribution in [-0.4, -0.2) is 16.1 Å². The van der Waals surface area contributed by atoms with Crippen LogP contribution in [0.1, 0.15) is 23.2 Å². The molecule has 0 saturated carbocycles. The Labute approximate surface area is 120 Å². The first kappa shape index (κ1) is 13.3. The van der Waals surface area contributed by atoms with Crippen LogP contribution >= 0.6 is 31.9 Å². The average Bonchev–Trinajstić information content (AvgIpc) is 2.73. The normalized spacial score (nSPS) is 10.6. The highest BCUT2D eigenvalue weighted by molar-refractivity contribution is 9.11. The van der Waals surface area contributed by atoms with Crippen molar-refractivity contribution in [2.24, 2.45) is 0 Å². The maximum absolute atomic E-state index is 11.0. The van der Waals surface area contributed by atoms with Gasteiger partial charge in [0.25, 0.3) is 0 Å². The van der Waals surface area contributed by atoms with E-state index >= 15 is 0 Å². The Morgan fingerprint density at radius 3 is 2.67 bits per heavy atom. The third-order valence-corrected chi connectivity index (χ3v) is 3.54. The molecule has 2 aromatic rings. The molecule has 6 heteroatoms. The number of carbonyl (C=O) groups is 1. The molecule has 94 valence electrons. The van der Waals surface area contributed by atoms with Crippen LogP contribution in [0.2, 0.25) is 0 Å². The zero-order chi connectivity index (χ0) is 13.3. The number of oxazole rings is 1. The van der Waals surface area contributed by atoms with Crippen molar-refractivity contribution in [3.8, 4) is 11.5 Å². The summed E-state index contributed by atoms with van der Waals surface area (Å²) < 4.78 is 7.02. The molecule has 0 fully saturated rings. The van der Waals surface area contributed by atoms with Crippen molar-refractivity contribution in [3.05, 3.63) is 38.6 Å². The van der Waals surface area contributed by atoms with Gasteiger partial charge in [-0.1, -0.05) is 22.9 Å². The summed E-state index contributed by atoms with van der Waals surface area (Å²) >= 11 is 6.75. The number of aromatic carboxylic acids is 1. The van der Waals surface area contributed by atoms with E-state index in [1.54, 1.807) is 0 Å². The lowest BCUT2D eigenvalue weighted by Gasteiger charge is -1.99. The minimum atomic E-state index is -1.10. The Kier molecular flexibility index (Phi) is 3.87. The Balaban J connectivity index is 2.54. The maximum atomic E-state index is 11.0. The summed E-state index contributed by atoms with van der Waals surface area (Å²) in [7, 11) is 0. The molecule has 1 N–H and O–H groups in total. The highest BCUT2D eigenvalue weighted by Gasteiger charge is 2.20. The summed E-state index contributed by atoms with van der Waals surface area (Å²) in [4.78, 5) is 15.2. The van der Waals surface area contributed by atoms with E-state index in [9.17, 15) is 4.79 Å². The summed E-state index contributed by atoms with van der Waals surface area (Å²) in [5.41, 5.74) is 1.17. The van der Waals surface area contributed by atoms with Crippen LogP contribution in [0, 0.1) is 0 Å². The second kappa shape index (κ2) is 5.24. The Bertz CT molecular complexity index is 607. The minimum absolute atomic E-state index is 0.0951. The molecule has 0 atom stereocenters. The van der Waals surface area contributed by atoms with Crippen molar-refractivity contribution < 1.29 is 14.3 Å². The van der Waals surface area contributed by atoms with Crippen LogP contribution in [0.25, 0.3) is 11.5 Å². The number of halogens is 2. The minimum Gasteiger partial charge on any atom is -0.475 e. The standard InChI is InChI=1S/C12H9Br2NO3/c1-2-9-10(12(16)17)18-11(15-9)7-4-3-6(13)5-8(7)14/h3-5H,2H2,1H3,(H,16,17). The number of rotatable bonds is 3. The summed E-state index contributed by atoms with van der Waals surface area (Å²) in [5.74, 6) is -0.884. The first-order valence-corrected chi connectivity index (χ1v) is 6.80. The average molecular weight is 375 g/mol. The summed E-state index contributed by atoms with van der Waals surface area (Å²) in [5, 5.41) is 9.02. The van der Waals surface area contributed by atoms with Crippen molar-refractivity contribution >= 4 is 37.8 Å². The van der Waals surface area contributed by atoms with Crippen molar-refractivity contribution in [1.82, 2.24) is 4.98 Å². The second-order valence-electron chi connectivity index (χ2n) is 3.58. The molecule has 0 aliphatic carbocycles. The second-order valence-corrected chi connectivity index (χ2v) is 5.35. The van der Waals surface area contributed by atoms with Crippen LogP contribution in [0.15, 0.2) is 31.6 Å². The molecule has 0 saturated heterocycles. The molecule has 0 amide bonds. The van der Waals surface area contributed by atoms with Gasteiger partial charge >= 0.3 is 5.97 Å². The molecular formula is C12H9Br2NO3. The summed E-state index contributed by atoms with van der Waals surface area (Å²) in [6, 6.07) is 5.51. The highest BCUT2D eigenvalue weighted by Crippen LogP contribution is 2.31. The monoisotopic (exact) mass is 373 g/mol. The number of aryl methyl sites for hydroxylation is 1. The summed E-state index contributed by atoms with van der Waals surface area (Å²) in [6.07, 6.45) is 0.513. The van der Waals surface area contributed by atoms with Crippen LogP contribution in [-0.2, 0) is 6.42 Å². The van der Waals surface area contributed by atoms with Crippen molar-refractivity contribution in [2.45, 2.75) is 13.3 Å². The number of hydrogen-bond acceptors (Lipinski definition) is 3. The van der Waals surface area contributed by atoms with Gasteiger partial charge in [-0.15, -0.1) is 0 Å². The van der Waals surface area contributed by atoms with E-state index in [-0.39, 0.29) is 5.76 Å². The molecule has 0 aliphatic rings. The van der Waals surface area contributed by atoms with Gasteiger partial charge in [0.1, 0.15) is 0 Å². The van der Waals surface area contributed by atoms with Crippen LogP contribution in [0.4, 0.5) is 0 Å². The van der Waals surface area contributed by atoms with Crippen molar-refractivity contribution in [2.75, 3.05) is 0 Å². The number of hydrogen-bond donors (Lipinski definition) is 1. The highest BCUT2D eigenvalue weighted by atomic mass is 79.9. The number of aromatic nitrogens is 1. The predicted molar refractivity (Wildman–Crippen MR) is 73.7 cm³/mol. The molecule has 0 spiro atoms. The first-order valence-electron chi connectivity index (χ1n) is 5.21. The number of benzene rings is 1. The first-order chi connectivity index (χ1) is 8.52. The summed E-state index contributed by atoms with van der Waals surface area (Å²) in [6.45, 7) is 1.84. The smallest absolute Gasteiger partial charge is 0.373 e. The van der Waals surface area contributed by atoms with Gasteiger partial charge in [0, 0.05) is 8.95 Å². The Hall–Kier alpha value is -1.14. The predicted octanol–water partition coefficient (Wildman–Crippen LogP) is 4.13. The molecule has 2 rings (SSSR count). The van der Waals surface area contributed by atoms with Gasteiger partial charge in [-0.3, -0.25) is 0 Å². The van der Waals surface area contributed by atoms with E-state index in [4.69, 9.17) is 9.52 Å². The SMILES string of the molecule is CCc1nc(-c2ccc(Br)cc2Br)oc1C(=O)O. The van der Waals surface area contributed by atoms with Gasteiger partial charge in [0.15, 0.2) is 0 Å². The fraction of sp³-hybridized carbons (Fsp3) is 0.167. The van der Waals surface area contributed by atoms with E-state index in [1.165, 1.54) is 0 Å². The Morgan fingerprint density at radius 1 is 1.44 bits per heavy atom. The zero-order valence-corrected chi connectivity index (χ0v) is 12.6. The third kappa shape index (κ3) is 2.49. The lowest BCUT2D eigenvalue weighted by Crippen LogP contribution is -1.98. The van der Waals surface area contributed by atoms with E-state index in [1.807, 2.05) is 25.1 Å². The molecule has 1 aromatic carbocycles. The van der Waals surface area contributed by atoms with E-state index in [2.05, 4.69) is 36.8 Å². The van der Waals surface area contributed by atoms with Gasteiger partial charge < -0.3 is 9.52 Å². The molecule has 1 heterocycles. The molecule has 0 unspecified atom stereocenters. The van der Waals surface area contributed by atoms with Crippen molar-refractivity contribution in [1.29, 1.82) is 0 Å². The third-order valence-electron chi connectivity index (χ3n) is 2.39. The van der Waals surface area contributed by atoms with Crippen LogP contribution in [0.3, 0.4) is 0 Å². The number of carboxylic acids is 1. The molecule has 4 nitrogen and oxygen atoms in total. The number of carboxylic acid groups (broad SMARTS) is 1. The van der Waals surface area contributed by atoms with Gasteiger partial charge in [-0.25, -0.2) is 9.78 Å². The van der Waals surface area contributed by atoms with E-state index < -0.39 is 5.97 Å². The van der Waals surface area contributed by atoms with E-state index in [0.717, 1.165) is 14.5 Å². The van der Waals surface area contributed by atoms with Gasteiger partial charge in [-0.05, 0) is 40.5 Å². The topological polar surface area (TPSA) is 63.3 Å². The van der Waals surface area contributed by atoms with Crippen LogP contribution < -0.4 is 0 Å². The lowest BCUT2D eigenvalue weighted by atomic mass is 10.2. The lowest BCUT2D eigenvalue weighted by molar-refractivity contribution is 0.0662. The Morgan fingerprint density at radius 2 is 2.17 bits per heavy atom. The molecule has 0 bridgehead atoms. The molecular weight excluding hydrogens is 366 g/mol. The largest absolute Gasteiger partial charge is 0.475 e. The zero-order valence-electron chi connectivity index (χ0n) is 9.41. The van der Waals surface area contributed by atoms with Gasteiger partial charge in [0.2, 0.25) is 11.7 Å². The molecule has 0 aliphatic heterocycles. The van der Waals surface area contributed by atoms with E-state index in [0.29, 0.717) is 18.0 Å². The quantitative estimate of drug-likeness (QED) is 0.877.